The molecular formula is C21H20O6. The molecule has 140 valence electrons. The summed E-state index contributed by atoms with van der Waals surface area (Å²) < 4.78 is 16.2. The summed E-state index contributed by atoms with van der Waals surface area (Å²) >= 11 is 0. The molecule has 1 aliphatic carbocycles. The van der Waals surface area contributed by atoms with Gasteiger partial charge in [-0.3, -0.25) is 14.4 Å². The normalized spacial score (nSPS) is 21.8. The van der Waals surface area contributed by atoms with Crippen LogP contribution >= 0.6 is 0 Å². The molecule has 2 aromatic rings. The van der Waals surface area contributed by atoms with Crippen LogP contribution in [0.25, 0.3) is 11.0 Å². The predicted octanol–water partition coefficient (Wildman–Crippen LogP) is 3.48. The van der Waals surface area contributed by atoms with Crippen LogP contribution in [0.15, 0.2) is 45.0 Å². The molecular weight excluding hydrogens is 348 g/mol. The topological polar surface area (TPSA) is 82.8 Å². The lowest BCUT2D eigenvalue weighted by Gasteiger charge is -2.36. The van der Waals surface area contributed by atoms with E-state index in [1.165, 1.54) is 13.4 Å². The van der Waals surface area contributed by atoms with E-state index in [-0.39, 0.29) is 23.0 Å². The minimum atomic E-state index is -0.642. The van der Waals surface area contributed by atoms with Gasteiger partial charge in [0.2, 0.25) is 0 Å². The number of benzene rings is 1. The molecule has 6 heteroatoms. The van der Waals surface area contributed by atoms with Crippen molar-refractivity contribution < 1.29 is 23.5 Å². The van der Waals surface area contributed by atoms with Crippen LogP contribution in [0.1, 0.15) is 44.6 Å². The number of rotatable bonds is 2. The first-order chi connectivity index (χ1) is 12.8. The zero-order valence-corrected chi connectivity index (χ0v) is 15.5. The average molecular weight is 368 g/mol. The summed E-state index contributed by atoms with van der Waals surface area (Å²) in [6.45, 7) is 3.92. The van der Waals surface area contributed by atoms with Gasteiger partial charge in [-0.15, -0.1) is 0 Å². The number of carbonyl (C=O) groups is 2. The standard InChI is InChI=1S/C21H20O6/c1-21(2)8-15(22)19-12(7-18(23)27-17(19)9-21)14-10-26-16-5-4-11(25-3)6-13(16)20(14)24/h4-6,10,12H,7-9H2,1-3H3/t12-/m0/s1. The Bertz CT molecular complexity index is 1060. The average Bonchev–Trinajstić information content (AvgIpc) is 2.59. The summed E-state index contributed by atoms with van der Waals surface area (Å²) in [6, 6.07) is 4.97. The van der Waals surface area contributed by atoms with Crippen LogP contribution in [0, 0.1) is 5.41 Å². The molecule has 2 aliphatic rings. The fourth-order valence-electron chi connectivity index (χ4n) is 3.96. The molecule has 0 saturated heterocycles. The Morgan fingerprint density at radius 1 is 1.15 bits per heavy atom. The molecule has 2 heterocycles. The number of hydrogen-bond donors (Lipinski definition) is 0. The second-order valence-corrected chi connectivity index (χ2v) is 7.89. The molecule has 0 saturated carbocycles. The largest absolute Gasteiger partial charge is 0.497 e. The molecule has 0 radical (unpaired) electrons. The van der Waals surface area contributed by atoms with Crippen molar-refractivity contribution in [3.8, 4) is 5.75 Å². The fraction of sp³-hybridized carbons (Fsp3) is 0.381. The maximum atomic E-state index is 13.1. The second kappa shape index (κ2) is 6.08. The first-order valence-corrected chi connectivity index (χ1v) is 8.85. The molecule has 0 unspecified atom stereocenters. The van der Waals surface area contributed by atoms with Gasteiger partial charge in [-0.2, -0.15) is 0 Å². The maximum Gasteiger partial charge on any atom is 0.311 e. The van der Waals surface area contributed by atoms with Gasteiger partial charge in [-0.05, 0) is 23.6 Å². The molecule has 0 N–H and O–H groups in total. The summed E-state index contributed by atoms with van der Waals surface area (Å²) in [7, 11) is 1.52. The number of esters is 1. The smallest absolute Gasteiger partial charge is 0.311 e. The number of Topliss-reactive ketones (excluding diaryl/α,β-unsaturated/α-hetero) is 1. The number of allylic oxidation sites excluding steroid dienone is 2. The van der Waals surface area contributed by atoms with Crippen LogP contribution in [0.5, 0.6) is 5.75 Å². The maximum absolute atomic E-state index is 13.1. The van der Waals surface area contributed by atoms with Crippen molar-refractivity contribution in [2.45, 2.75) is 39.0 Å². The molecule has 6 nitrogen and oxygen atoms in total. The zero-order valence-electron chi connectivity index (χ0n) is 15.5. The highest BCUT2D eigenvalue weighted by molar-refractivity contribution is 6.00. The number of ether oxygens (including phenoxy) is 2. The Balaban J connectivity index is 1.89. The Kier molecular flexibility index (Phi) is 3.94. The van der Waals surface area contributed by atoms with Crippen molar-refractivity contribution in [3.63, 3.8) is 0 Å². The van der Waals surface area contributed by atoms with Gasteiger partial charge in [0.25, 0.3) is 0 Å². The predicted molar refractivity (Wildman–Crippen MR) is 97.5 cm³/mol. The van der Waals surface area contributed by atoms with E-state index in [0.717, 1.165) is 0 Å². The molecule has 0 fully saturated rings. The zero-order chi connectivity index (χ0) is 19.3. The number of methoxy groups -OCH3 is 1. The van der Waals surface area contributed by atoms with Gasteiger partial charge in [0.15, 0.2) is 11.2 Å². The molecule has 4 rings (SSSR count). The van der Waals surface area contributed by atoms with Gasteiger partial charge in [0.1, 0.15) is 17.1 Å². The number of fused-ring (bicyclic) bond motifs is 1. The molecule has 1 atom stereocenters. The summed E-state index contributed by atoms with van der Waals surface area (Å²) in [5.41, 5.74) is 0.614. The van der Waals surface area contributed by atoms with E-state index in [0.29, 0.717) is 46.5 Å². The van der Waals surface area contributed by atoms with E-state index < -0.39 is 11.9 Å². The number of ketones is 1. The summed E-state index contributed by atoms with van der Waals surface area (Å²) in [5, 5.41) is 0.358. The van der Waals surface area contributed by atoms with E-state index >= 15 is 0 Å². The van der Waals surface area contributed by atoms with Crippen LogP contribution < -0.4 is 10.2 Å². The Morgan fingerprint density at radius 3 is 2.67 bits per heavy atom. The number of hydrogen-bond acceptors (Lipinski definition) is 6. The molecule has 27 heavy (non-hydrogen) atoms. The summed E-state index contributed by atoms with van der Waals surface area (Å²) in [4.78, 5) is 38.1. The van der Waals surface area contributed by atoms with Crippen LogP contribution in [0.4, 0.5) is 0 Å². The number of carbonyl (C=O) groups excluding carboxylic acids is 2. The third-order valence-electron chi connectivity index (χ3n) is 5.22. The van der Waals surface area contributed by atoms with Crippen molar-refractivity contribution >= 4 is 22.7 Å². The first kappa shape index (κ1) is 17.5. The van der Waals surface area contributed by atoms with E-state index in [9.17, 15) is 14.4 Å². The Labute approximate surface area is 155 Å². The highest BCUT2D eigenvalue weighted by Gasteiger charge is 2.43. The van der Waals surface area contributed by atoms with Gasteiger partial charge >= 0.3 is 5.97 Å². The minimum absolute atomic E-state index is 0.0504. The van der Waals surface area contributed by atoms with Gasteiger partial charge in [-0.25, -0.2) is 0 Å². The van der Waals surface area contributed by atoms with E-state index in [4.69, 9.17) is 13.9 Å². The molecule has 0 spiro atoms. The van der Waals surface area contributed by atoms with Crippen LogP contribution in [-0.2, 0) is 14.3 Å². The van der Waals surface area contributed by atoms with E-state index in [1.54, 1.807) is 18.2 Å². The lowest BCUT2D eigenvalue weighted by Crippen LogP contribution is -2.35. The van der Waals surface area contributed by atoms with Crippen molar-refractivity contribution in [2.24, 2.45) is 5.41 Å². The lowest BCUT2D eigenvalue weighted by atomic mass is 9.71. The van der Waals surface area contributed by atoms with Crippen LogP contribution in [0.3, 0.4) is 0 Å². The fourth-order valence-corrected chi connectivity index (χ4v) is 3.96. The van der Waals surface area contributed by atoms with Crippen LogP contribution in [0.2, 0.25) is 0 Å². The van der Waals surface area contributed by atoms with E-state index in [1.807, 2.05) is 13.8 Å². The van der Waals surface area contributed by atoms with Crippen LogP contribution in [-0.4, -0.2) is 18.9 Å². The molecule has 1 aromatic carbocycles. The lowest BCUT2D eigenvalue weighted by molar-refractivity contribution is -0.142. The minimum Gasteiger partial charge on any atom is -0.497 e. The van der Waals surface area contributed by atoms with Gasteiger partial charge in [0, 0.05) is 29.9 Å². The molecule has 1 aromatic heterocycles. The third kappa shape index (κ3) is 2.95. The van der Waals surface area contributed by atoms with Crippen molar-refractivity contribution in [3.05, 3.63) is 51.6 Å². The van der Waals surface area contributed by atoms with Gasteiger partial charge < -0.3 is 13.9 Å². The van der Waals surface area contributed by atoms with Crippen molar-refractivity contribution in [1.82, 2.24) is 0 Å². The Hall–Kier alpha value is -2.89. The molecule has 1 aliphatic heterocycles. The third-order valence-corrected chi connectivity index (χ3v) is 5.22. The molecule has 0 bridgehead atoms. The Morgan fingerprint density at radius 2 is 1.93 bits per heavy atom. The SMILES string of the molecule is COc1ccc2occ([C@@H]3CC(=O)OC4=C3C(=O)CC(C)(C)C4)c(=O)c2c1. The van der Waals surface area contributed by atoms with E-state index in [2.05, 4.69) is 0 Å². The highest BCUT2D eigenvalue weighted by atomic mass is 16.5. The second-order valence-electron chi connectivity index (χ2n) is 7.89. The first-order valence-electron chi connectivity index (χ1n) is 8.85. The van der Waals surface area contributed by atoms with Gasteiger partial charge in [-0.1, -0.05) is 13.8 Å². The summed E-state index contributed by atoms with van der Waals surface area (Å²) in [6.07, 6.45) is 2.15. The van der Waals surface area contributed by atoms with Gasteiger partial charge in [0.05, 0.1) is 25.2 Å². The molecule has 0 amide bonds. The van der Waals surface area contributed by atoms with Crippen molar-refractivity contribution in [2.75, 3.05) is 7.11 Å². The van der Waals surface area contributed by atoms with Crippen molar-refractivity contribution in [1.29, 1.82) is 0 Å². The monoisotopic (exact) mass is 368 g/mol. The quantitative estimate of drug-likeness (QED) is 0.755. The highest BCUT2D eigenvalue weighted by Crippen LogP contribution is 2.45. The summed E-state index contributed by atoms with van der Waals surface area (Å²) in [5.74, 6) is -0.233.